The van der Waals surface area contributed by atoms with E-state index in [1.165, 1.54) is 0 Å². The van der Waals surface area contributed by atoms with Crippen LogP contribution in [0.5, 0.6) is 0 Å². The molecule has 0 spiro atoms. The van der Waals surface area contributed by atoms with Crippen molar-refractivity contribution in [3.63, 3.8) is 0 Å². The van der Waals surface area contributed by atoms with Crippen molar-refractivity contribution in [2.24, 2.45) is 0 Å². The van der Waals surface area contributed by atoms with Gasteiger partial charge in [0, 0.05) is 0 Å². The van der Waals surface area contributed by atoms with Crippen molar-refractivity contribution in [2.75, 3.05) is 11.5 Å². The molecule has 0 N–H and O–H groups in total. The van der Waals surface area contributed by atoms with E-state index in [1.54, 1.807) is 11.8 Å². The van der Waals surface area contributed by atoms with Crippen LogP contribution >= 0.6 is 11.8 Å². The Morgan fingerprint density at radius 3 is 2.58 bits per heavy atom. The van der Waals surface area contributed by atoms with E-state index in [4.69, 9.17) is 0 Å². The molecule has 0 rings (SSSR count). The molecule has 0 heterocycles. The molecule has 0 aromatic rings. The molecule has 0 saturated heterocycles. The highest BCUT2D eigenvalue weighted by Gasteiger charge is 1.90. The van der Waals surface area contributed by atoms with Crippen LogP contribution in [-0.4, -0.2) is 11.5 Å². The van der Waals surface area contributed by atoms with Gasteiger partial charge < -0.3 is 0 Å². The molecule has 0 aliphatic rings. The SMILES string of the molecule is [CH2]CSCCCCCC=C(F)F. The second-order valence-corrected chi connectivity index (χ2v) is 3.68. The predicted octanol–water partition coefficient (Wildman–Crippen LogP) is 3.89. The fourth-order valence-electron chi connectivity index (χ4n) is 0.838. The Kier molecular flexibility index (Phi) is 9.00. The van der Waals surface area contributed by atoms with E-state index in [0.717, 1.165) is 36.8 Å². The van der Waals surface area contributed by atoms with Gasteiger partial charge in [0.1, 0.15) is 0 Å². The fourth-order valence-corrected chi connectivity index (χ4v) is 1.45. The van der Waals surface area contributed by atoms with Gasteiger partial charge in [-0.05, 0) is 43.8 Å². The molecular weight excluding hydrogens is 178 g/mol. The standard InChI is InChI=1S/C9H15F2S/c1-2-12-8-6-4-3-5-7-9(10)11/h7H,1-6,8H2. The summed E-state index contributed by atoms with van der Waals surface area (Å²) in [4.78, 5) is 0. The Balaban J connectivity index is 2.96. The van der Waals surface area contributed by atoms with Gasteiger partial charge in [0.2, 0.25) is 0 Å². The topological polar surface area (TPSA) is 0 Å². The minimum absolute atomic E-state index is 0.511. The lowest BCUT2D eigenvalue weighted by molar-refractivity contribution is 0.416. The molecule has 0 aromatic heterocycles. The first-order valence-electron chi connectivity index (χ1n) is 4.15. The molecule has 3 heteroatoms. The minimum Gasteiger partial charge on any atom is -0.174 e. The maximum Gasteiger partial charge on any atom is 0.266 e. The van der Waals surface area contributed by atoms with Crippen LogP contribution in [0.1, 0.15) is 25.7 Å². The maximum atomic E-state index is 11.5. The fraction of sp³-hybridized carbons (Fsp3) is 0.667. The second kappa shape index (κ2) is 9.04. The smallest absolute Gasteiger partial charge is 0.174 e. The number of thioether (sulfide) groups is 1. The van der Waals surface area contributed by atoms with Gasteiger partial charge in [-0.25, -0.2) is 0 Å². The zero-order chi connectivity index (χ0) is 9.23. The van der Waals surface area contributed by atoms with E-state index in [-0.39, 0.29) is 0 Å². The first kappa shape index (κ1) is 11.9. The van der Waals surface area contributed by atoms with Crippen LogP contribution in [0.4, 0.5) is 8.78 Å². The summed E-state index contributed by atoms with van der Waals surface area (Å²) in [5.41, 5.74) is 0. The molecule has 0 amide bonds. The van der Waals surface area contributed by atoms with Gasteiger partial charge in [-0.1, -0.05) is 6.42 Å². The van der Waals surface area contributed by atoms with Crippen molar-refractivity contribution < 1.29 is 8.78 Å². The Morgan fingerprint density at radius 1 is 1.25 bits per heavy atom. The van der Waals surface area contributed by atoms with Crippen LogP contribution in [0.25, 0.3) is 0 Å². The van der Waals surface area contributed by atoms with Crippen LogP contribution in [0, 0.1) is 6.92 Å². The van der Waals surface area contributed by atoms with Gasteiger partial charge in [0.15, 0.2) is 0 Å². The Morgan fingerprint density at radius 2 is 2.00 bits per heavy atom. The third-order valence-electron chi connectivity index (χ3n) is 1.44. The third kappa shape index (κ3) is 9.95. The highest BCUT2D eigenvalue weighted by Crippen LogP contribution is 2.08. The van der Waals surface area contributed by atoms with Crippen LogP contribution in [0.15, 0.2) is 12.2 Å². The van der Waals surface area contributed by atoms with Crippen molar-refractivity contribution in [1.82, 2.24) is 0 Å². The zero-order valence-corrected chi connectivity index (χ0v) is 8.01. The van der Waals surface area contributed by atoms with Gasteiger partial charge in [0.25, 0.3) is 6.08 Å². The number of hydrogen-bond acceptors (Lipinski definition) is 1. The molecule has 0 fully saturated rings. The molecule has 0 aliphatic heterocycles. The summed E-state index contributed by atoms with van der Waals surface area (Å²) >= 11 is 1.80. The largest absolute Gasteiger partial charge is 0.266 e. The Hall–Kier alpha value is -0.0500. The van der Waals surface area contributed by atoms with Gasteiger partial charge in [-0.2, -0.15) is 20.5 Å². The van der Waals surface area contributed by atoms with Crippen LogP contribution in [-0.2, 0) is 0 Å². The average Bonchev–Trinajstić information content (AvgIpc) is 2.02. The average molecular weight is 193 g/mol. The highest BCUT2D eigenvalue weighted by atomic mass is 32.2. The Bertz CT molecular complexity index is 120. The van der Waals surface area contributed by atoms with E-state index >= 15 is 0 Å². The normalized spacial score (nSPS) is 9.92. The molecule has 0 nitrogen and oxygen atoms in total. The van der Waals surface area contributed by atoms with Gasteiger partial charge >= 0.3 is 0 Å². The van der Waals surface area contributed by atoms with E-state index in [1.807, 2.05) is 0 Å². The highest BCUT2D eigenvalue weighted by molar-refractivity contribution is 7.99. The van der Waals surface area contributed by atoms with E-state index in [0.29, 0.717) is 6.42 Å². The summed E-state index contributed by atoms with van der Waals surface area (Å²) in [5, 5.41) is 0. The number of hydrogen-bond donors (Lipinski definition) is 0. The minimum atomic E-state index is -1.55. The first-order valence-corrected chi connectivity index (χ1v) is 5.31. The van der Waals surface area contributed by atoms with Crippen molar-refractivity contribution in [2.45, 2.75) is 25.7 Å². The molecular formula is C9H15F2S. The van der Waals surface area contributed by atoms with E-state index < -0.39 is 6.08 Å². The molecule has 0 bridgehead atoms. The lowest BCUT2D eigenvalue weighted by Gasteiger charge is -1.96. The molecule has 71 valence electrons. The number of halogens is 2. The van der Waals surface area contributed by atoms with Crippen molar-refractivity contribution in [3.8, 4) is 0 Å². The van der Waals surface area contributed by atoms with Crippen LogP contribution in [0.3, 0.4) is 0 Å². The Labute approximate surface area is 77.4 Å². The zero-order valence-electron chi connectivity index (χ0n) is 7.19. The lowest BCUT2D eigenvalue weighted by Crippen LogP contribution is -1.81. The van der Waals surface area contributed by atoms with Crippen molar-refractivity contribution in [3.05, 3.63) is 19.1 Å². The molecule has 12 heavy (non-hydrogen) atoms. The summed E-state index contributed by atoms with van der Waals surface area (Å²) < 4.78 is 23.0. The summed E-state index contributed by atoms with van der Waals surface area (Å²) in [5.74, 6) is 2.00. The summed E-state index contributed by atoms with van der Waals surface area (Å²) in [7, 11) is 0. The van der Waals surface area contributed by atoms with Crippen molar-refractivity contribution in [1.29, 1.82) is 0 Å². The third-order valence-corrected chi connectivity index (χ3v) is 2.30. The quantitative estimate of drug-likeness (QED) is 0.553. The van der Waals surface area contributed by atoms with E-state index in [2.05, 4.69) is 6.92 Å². The van der Waals surface area contributed by atoms with Gasteiger partial charge in [-0.3, -0.25) is 0 Å². The maximum absolute atomic E-state index is 11.5. The lowest BCUT2D eigenvalue weighted by atomic mass is 10.2. The summed E-state index contributed by atoms with van der Waals surface area (Å²) in [6.45, 7) is 3.70. The number of unbranched alkanes of at least 4 members (excludes halogenated alkanes) is 3. The summed E-state index contributed by atoms with van der Waals surface area (Å²) in [6, 6.07) is 0. The van der Waals surface area contributed by atoms with E-state index in [9.17, 15) is 8.78 Å². The molecule has 0 aromatic carbocycles. The van der Waals surface area contributed by atoms with Crippen molar-refractivity contribution >= 4 is 11.8 Å². The molecule has 0 aliphatic carbocycles. The molecule has 0 atom stereocenters. The summed E-state index contributed by atoms with van der Waals surface area (Å²) in [6.07, 6.45) is 2.97. The first-order chi connectivity index (χ1) is 5.77. The number of rotatable bonds is 7. The van der Waals surface area contributed by atoms with Crippen LogP contribution in [0.2, 0.25) is 0 Å². The molecule has 1 radical (unpaired) electrons. The second-order valence-electron chi connectivity index (χ2n) is 2.46. The molecule has 0 saturated carbocycles. The van der Waals surface area contributed by atoms with Crippen LogP contribution < -0.4 is 0 Å². The number of allylic oxidation sites excluding steroid dienone is 1. The van der Waals surface area contributed by atoms with Gasteiger partial charge in [-0.15, -0.1) is 0 Å². The monoisotopic (exact) mass is 193 g/mol. The predicted molar refractivity (Wildman–Crippen MR) is 51.4 cm³/mol. The van der Waals surface area contributed by atoms with Gasteiger partial charge in [0.05, 0.1) is 0 Å². The molecule has 0 unspecified atom stereocenters.